The van der Waals surface area contributed by atoms with Crippen molar-refractivity contribution in [2.24, 2.45) is 0 Å². The molecule has 0 N–H and O–H groups in total. The molecule has 0 aromatic carbocycles. The molecule has 0 radical (unpaired) electrons. The predicted octanol–water partition coefficient (Wildman–Crippen LogP) is 2.30. The molecular weight excluding hydrogens is 344 g/mol. The van der Waals surface area contributed by atoms with E-state index in [2.05, 4.69) is 18.7 Å². The third-order valence-corrected chi connectivity index (χ3v) is 5.57. The summed E-state index contributed by atoms with van der Waals surface area (Å²) in [6.07, 6.45) is 8.80. The first kappa shape index (κ1) is 24.2. The zero-order chi connectivity index (χ0) is 19.8. The fourth-order valence-corrected chi connectivity index (χ4v) is 3.95. The van der Waals surface area contributed by atoms with Crippen LogP contribution in [0.1, 0.15) is 52.4 Å². The molecule has 158 valence electrons. The van der Waals surface area contributed by atoms with E-state index in [1.165, 1.54) is 6.42 Å². The third-order valence-electron chi connectivity index (χ3n) is 5.57. The fourth-order valence-electron chi connectivity index (χ4n) is 3.95. The average Bonchev–Trinajstić information content (AvgIpc) is 2.69. The molecule has 1 saturated heterocycles. The quantitative estimate of drug-likeness (QED) is 0.218. The molecule has 0 aromatic heterocycles. The molecule has 1 aliphatic rings. The monoisotopic (exact) mass is 385 g/mol. The van der Waals surface area contributed by atoms with Crippen LogP contribution in [-0.4, -0.2) is 93.7 Å². The topological polar surface area (TPSA) is 55.8 Å². The first-order valence-electron chi connectivity index (χ1n) is 10.8. The van der Waals surface area contributed by atoms with Crippen molar-refractivity contribution in [3.8, 4) is 0 Å². The van der Waals surface area contributed by atoms with Crippen molar-refractivity contribution in [1.82, 2.24) is 4.90 Å². The maximum absolute atomic E-state index is 11.1. The van der Waals surface area contributed by atoms with Gasteiger partial charge in [0.1, 0.15) is 19.4 Å². The highest BCUT2D eigenvalue weighted by Crippen LogP contribution is 2.14. The van der Waals surface area contributed by atoms with Gasteiger partial charge in [-0.05, 0) is 32.2 Å². The van der Waals surface area contributed by atoms with Gasteiger partial charge in [-0.1, -0.05) is 26.7 Å². The van der Waals surface area contributed by atoms with Crippen LogP contribution in [0.4, 0.5) is 0 Å². The van der Waals surface area contributed by atoms with Gasteiger partial charge >= 0.3 is 0 Å². The number of quaternary nitrogens is 1. The Labute approximate surface area is 165 Å². The van der Waals surface area contributed by atoms with E-state index in [1.807, 2.05) is 0 Å². The summed E-state index contributed by atoms with van der Waals surface area (Å²) in [6.45, 7) is 12.2. The Morgan fingerprint density at radius 1 is 0.963 bits per heavy atom. The van der Waals surface area contributed by atoms with E-state index in [0.29, 0.717) is 33.0 Å². The number of carbonyl (C=O) groups excluding carboxylic acids is 2. The summed E-state index contributed by atoms with van der Waals surface area (Å²) in [5.74, 6) is 0. The van der Waals surface area contributed by atoms with Crippen LogP contribution < -0.4 is 0 Å². The van der Waals surface area contributed by atoms with E-state index in [0.717, 1.165) is 81.9 Å². The summed E-state index contributed by atoms with van der Waals surface area (Å²) in [5, 5.41) is 0. The van der Waals surface area contributed by atoms with Crippen LogP contribution in [0.2, 0.25) is 0 Å². The molecule has 2 unspecified atom stereocenters. The summed E-state index contributed by atoms with van der Waals surface area (Å²) in [5.41, 5.74) is 0. The Bertz CT molecular complexity index is 394. The molecule has 6 heteroatoms. The van der Waals surface area contributed by atoms with Crippen LogP contribution in [0.25, 0.3) is 0 Å². The van der Waals surface area contributed by atoms with E-state index in [1.54, 1.807) is 0 Å². The molecule has 1 fully saturated rings. The van der Waals surface area contributed by atoms with Gasteiger partial charge in [0.05, 0.1) is 45.6 Å². The Balaban J connectivity index is 2.16. The number of likely N-dealkylation sites (tertiary alicyclic amines) is 1. The minimum atomic E-state index is 0.0731. The second kappa shape index (κ2) is 15.1. The van der Waals surface area contributed by atoms with Gasteiger partial charge in [-0.3, -0.25) is 9.69 Å². The van der Waals surface area contributed by atoms with Crippen LogP contribution >= 0.6 is 0 Å². The maximum atomic E-state index is 11.1. The fraction of sp³-hybridized carbons (Fsp3) is 0.905. The number of piperidine rings is 1. The molecule has 0 aliphatic carbocycles. The smallest absolute Gasteiger partial charge is 0.174 e. The number of unbranched alkanes of at least 4 members (excludes halogenated alkanes) is 1. The predicted molar refractivity (Wildman–Crippen MR) is 108 cm³/mol. The lowest BCUT2D eigenvalue weighted by Gasteiger charge is -2.37. The average molecular weight is 386 g/mol. The van der Waals surface area contributed by atoms with E-state index < -0.39 is 0 Å². The first-order chi connectivity index (χ1) is 13.2. The summed E-state index contributed by atoms with van der Waals surface area (Å²) in [7, 11) is 0. The number of hydrogen-bond acceptors (Lipinski definition) is 5. The summed E-state index contributed by atoms with van der Waals surface area (Å²) < 4.78 is 12.3. The number of rotatable bonds is 17. The van der Waals surface area contributed by atoms with Gasteiger partial charge in [-0.15, -0.1) is 0 Å². The minimum Gasteiger partial charge on any atom is -0.378 e. The van der Waals surface area contributed by atoms with Crippen LogP contribution in [0.15, 0.2) is 0 Å². The highest BCUT2D eigenvalue weighted by Gasteiger charge is 2.25. The highest BCUT2D eigenvalue weighted by molar-refractivity contribution is 5.57. The van der Waals surface area contributed by atoms with Crippen molar-refractivity contribution in [1.29, 1.82) is 0 Å². The molecule has 6 nitrogen and oxygen atoms in total. The molecule has 0 bridgehead atoms. The normalized spacial score (nSPS) is 20.3. The minimum absolute atomic E-state index is 0.0731. The van der Waals surface area contributed by atoms with Crippen molar-refractivity contribution >= 4 is 12.6 Å². The van der Waals surface area contributed by atoms with Gasteiger partial charge in [-0.2, -0.15) is 0 Å². The van der Waals surface area contributed by atoms with Crippen molar-refractivity contribution in [3.05, 3.63) is 0 Å². The van der Waals surface area contributed by atoms with Crippen molar-refractivity contribution in [2.75, 3.05) is 65.7 Å². The molecule has 0 aromatic rings. The Kier molecular flexibility index (Phi) is 13.6. The summed E-state index contributed by atoms with van der Waals surface area (Å²) in [6, 6.07) is 0.0731. The number of aldehydes is 2. The largest absolute Gasteiger partial charge is 0.378 e. The van der Waals surface area contributed by atoms with Gasteiger partial charge in [-0.25, -0.2) is 0 Å². The summed E-state index contributed by atoms with van der Waals surface area (Å²) >= 11 is 0. The molecule has 0 saturated carbocycles. The van der Waals surface area contributed by atoms with E-state index in [4.69, 9.17) is 9.47 Å². The lowest BCUT2D eigenvalue weighted by atomic mass is 10.0. The number of hydrogen-bond donors (Lipinski definition) is 0. The zero-order valence-corrected chi connectivity index (χ0v) is 17.6. The first-order valence-corrected chi connectivity index (χ1v) is 10.8. The SMILES string of the molecule is CCCC[N+](CC=O)(CCC)CCOCCOCCN1CCCCC1C=O. The van der Waals surface area contributed by atoms with E-state index in [-0.39, 0.29) is 6.04 Å². The van der Waals surface area contributed by atoms with Crippen molar-refractivity contribution in [2.45, 2.75) is 58.4 Å². The second-order valence-corrected chi connectivity index (χ2v) is 7.68. The molecule has 1 heterocycles. The highest BCUT2D eigenvalue weighted by atomic mass is 16.5. The van der Waals surface area contributed by atoms with Gasteiger partial charge in [0.15, 0.2) is 6.29 Å². The Hall–Kier alpha value is -0.820. The molecule has 1 rings (SSSR count). The van der Waals surface area contributed by atoms with Crippen LogP contribution in [0, 0.1) is 0 Å². The number of carbonyl (C=O) groups is 2. The van der Waals surface area contributed by atoms with Gasteiger partial charge in [0.2, 0.25) is 0 Å². The number of nitrogens with zero attached hydrogens (tertiary/aromatic N) is 2. The van der Waals surface area contributed by atoms with E-state index >= 15 is 0 Å². The molecule has 0 amide bonds. The van der Waals surface area contributed by atoms with Crippen molar-refractivity contribution in [3.63, 3.8) is 0 Å². The molecular formula is C21H41N2O4+. The van der Waals surface area contributed by atoms with Crippen molar-refractivity contribution < 1.29 is 23.5 Å². The third kappa shape index (κ3) is 9.79. The van der Waals surface area contributed by atoms with Gasteiger partial charge in [0, 0.05) is 6.54 Å². The van der Waals surface area contributed by atoms with Crippen LogP contribution in [-0.2, 0) is 19.1 Å². The maximum Gasteiger partial charge on any atom is 0.174 e. The Morgan fingerprint density at radius 3 is 2.41 bits per heavy atom. The van der Waals surface area contributed by atoms with E-state index in [9.17, 15) is 9.59 Å². The molecule has 1 aliphatic heterocycles. The molecule has 2 atom stereocenters. The van der Waals surface area contributed by atoms with Gasteiger partial charge < -0.3 is 18.8 Å². The van der Waals surface area contributed by atoms with Crippen LogP contribution in [0.3, 0.4) is 0 Å². The lowest BCUT2D eigenvalue weighted by Crippen LogP contribution is -2.52. The van der Waals surface area contributed by atoms with Gasteiger partial charge in [0.25, 0.3) is 0 Å². The second-order valence-electron chi connectivity index (χ2n) is 7.68. The molecule has 0 spiro atoms. The lowest BCUT2D eigenvalue weighted by molar-refractivity contribution is -0.920. The standard InChI is InChI=1S/C21H41N2O4/c1-3-5-12-23(11-4-2,13-15-24)14-17-27-19-18-26-16-10-22-9-7-6-8-21(22)20-25/h15,20-21H,3-14,16-19H2,1-2H3/q+1. The summed E-state index contributed by atoms with van der Waals surface area (Å²) in [4.78, 5) is 24.5. The number of ether oxygens (including phenoxy) is 2. The zero-order valence-electron chi connectivity index (χ0n) is 17.6. The van der Waals surface area contributed by atoms with Crippen LogP contribution in [0.5, 0.6) is 0 Å². The molecule has 27 heavy (non-hydrogen) atoms. The Morgan fingerprint density at radius 2 is 1.74 bits per heavy atom.